The van der Waals surface area contributed by atoms with Crippen LogP contribution in [-0.4, -0.2) is 0 Å². The van der Waals surface area contributed by atoms with Crippen molar-refractivity contribution in [3.8, 4) is 0 Å². The molecule has 2 aromatic rings. The summed E-state index contributed by atoms with van der Waals surface area (Å²) in [6.07, 6.45) is 0.580. The lowest BCUT2D eigenvalue weighted by Gasteiger charge is -2.15. The first-order valence-electron chi connectivity index (χ1n) is 5.62. The number of rotatable bonds is 3. The van der Waals surface area contributed by atoms with E-state index in [-0.39, 0.29) is 11.9 Å². The summed E-state index contributed by atoms with van der Waals surface area (Å²) < 4.78 is 16.3. The lowest BCUT2D eigenvalue weighted by atomic mass is 10.00. The molecule has 0 spiro atoms. The zero-order valence-corrected chi connectivity index (χ0v) is 15.2. The molecule has 0 saturated carbocycles. The van der Waals surface area contributed by atoms with Crippen molar-refractivity contribution in [2.24, 2.45) is 5.73 Å². The van der Waals surface area contributed by atoms with Gasteiger partial charge >= 0.3 is 0 Å². The minimum Gasteiger partial charge on any atom is -0.324 e. The van der Waals surface area contributed by atoms with Crippen LogP contribution in [0.2, 0.25) is 0 Å². The maximum Gasteiger partial charge on any atom is 0.123 e. The van der Waals surface area contributed by atoms with E-state index in [0.717, 1.165) is 23.6 Å². The van der Waals surface area contributed by atoms with Gasteiger partial charge in [-0.05, 0) is 76.5 Å². The lowest BCUT2D eigenvalue weighted by molar-refractivity contribution is 0.621. The van der Waals surface area contributed by atoms with Gasteiger partial charge in [-0.1, -0.05) is 31.9 Å². The third kappa shape index (κ3) is 4.00. The van der Waals surface area contributed by atoms with Gasteiger partial charge in [-0.25, -0.2) is 4.39 Å². The fraction of sp³-hybridized carbons (Fsp3) is 0.143. The van der Waals surface area contributed by atoms with Gasteiger partial charge < -0.3 is 5.73 Å². The highest BCUT2D eigenvalue weighted by molar-refractivity contribution is 14.1. The molecule has 0 radical (unpaired) electrons. The summed E-state index contributed by atoms with van der Waals surface area (Å²) >= 11 is 9.19. The van der Waals surface area contributed by atoms with Crippen molar-refractivity contribution in [2.45, 2.75) is 12.5 Å². The second-order valence-electron chi connectivity index (χ2n) is 4.21. The Hall–Kier alpha value is 0.0200. The standard InChI is InChI=1S/C14H11Br2FIN/c15-12-3-1-9(17)5-8(12)6-14(19)11-7-10(18)2-4-13(11)16/h1-5,7,14H,6,19H2. The summed E-state index contributed by atoms with van der Waals surface area (Å²) in [5.41, 5.74) is 8.14. The fourth-order valence-electron chi connectivity index (χ4n) is 1.85. The quantitative estimate of drug-likeness (QED) is 0.579. The predicted molar refractivity (Wildman–Crippen MR) is 91.6 cm³/mol. The van der Waals surface area contributed by atoms with Crippen molar-refractivity contribution >= 4 is 54.5 Å². The van der Waals surface area contributed by atoms with E-state index in [2.05, 4.69) is 54.5 Å². The van der Waals surface area contributed by atoms with Gasteiger partial charge in [0.1, 0.15) is 5.82 Å². The molecule has 0 amide bonds. The maximum atomic E-state index is 13.3. The molecule has 1 nitrogen and oxygen atoms in total. The van der Waals surface area contributed by atoms with E-state index < -0.39 is 0 Å². The van der Waals surface area contributed by atoms with Crippen molar-refractivity contribution in [1.29, 1.82) is 0 Å². The number of nitrogens with two attached hydrogens (primary N) is 1. The zero-order chi connectivity index (χ0) is 14.0. The van der Waals surface area contributed by atoms with Gasteiger partial charge in [0.15, 0.2) is 0 Å². The van der Waals surface area contributed by atoms with Gasteiger partial charge in [0.25, 0.3) is 0 Å². The highest BCUT2D eigenvalue weighted by atomic mass is 127. The average Bonchev–Trinajstić information content (AvgIpc) is 2.36. The minimum absolute atomic E-state index is 0.179. The van der Waals surface area contributed by atoms with Crippen LogP contribution in [0.3, 0.4) is 0 Å². The summed E-state index contributed by atoms with van der Waals surface area (Å²) in [7, 11) is 0. The SMILES string of the molecule is NC(Cc1cc(F)ccc1Br)c1cc(I)ccc1Br. The summed E-state index contributed by atoms with van der Waals surface area (Å²) in [4.78, 5) is 0. The Morgan fingerprint density at radius 2 is 1.79 bits per heavy atom. The van der Waals surface area contributed by atoms with Crippen LogP contribution >= 0.6 is 54.5 Å². The third-order valence-corrected chi connectivity index (χ3v) is 4.97. The summed E-state index contributed by atoms with van der Waals surface area (Å²) in [5, 5.41) is 0. The Balaban J connectivity index is 2.27. The Kier molecular flexibility index (Phi) is 5.39. The largest absolute Gasteiger partial charge is 0.324 e. The van der Waals surface area contributed by atoms with Crippen LogP contribution in [0.25, 0.3) is 0 Å². The summed E-state index contributed by atoms with van der Waals surface area (Å²) in [6, 6.07) is 10.5. The molecular weight excluding hydrogens is 488 g/mol. The molecule has 0 aliphatic heterocycles. The number of benzene rings is 2. The van der Waals surface area contributed by atoms with Crippen molar-refractivity contribution in [3.63, 3.8) is 0 Å². The topological polar surface area (TPSA) is 26.0 Å². The van der Waals surface area contributed by atoms with Gasteiger partial charge in [-0.3, -0.25) is 0 Å². The monoisotopic (exact) mass is 497 g/mol. The Labute approximate surface area is 142 Å². The minimum atomic E-state index is -0.243. The number of hydrogen-bond donors (Lipinski definition) is 1. The van der Waals surface area contributed by atoms with Crippen LogP contribution in [0.4, 0.5) is 4.39 Å². The highest BCUT2D eigenvalue weighted by Gasteiger charge is 2.13. The molecule has 0 bridgehead atoms. The second-order valence-corrected chi connectivity index (χ2v) is 7.17. The van der Waals surface area contributed by atoms with Crippen LogP contribution in [0.1, 0.15) is 17.2 Å². The van der Waals surface area contributed by atoms with E-state index in [9.17, 15) is 4.39 Å². The molecule has 0 aromatic heterocycles. The Morgan fingerprint density at radius 1 is 1.11 bits per heavy atom. The molecule has 5 heteroatoms. The molecule has 0 aliphatic rings. The first-order valence-corrected chi connectivity index (χ1v) is 8.28. The van der Waals surface area contributed by atoms with Crippen molar-refractivity contribution in [3.05, 3.63) is 65.9 Å². The molecular formula is C14H11Br2FIN. The van der Waals surface area contributed by atoms with Gasteiger partial charge in [0.05, 0.1) is 0 Å². The Morgan fingerprint density at radius 3 is 2.53 bits per heavy atom. The van der Waals surface area contributed by atoms with E-state index in [0.29, 0.717) is 6.42 Å². The van der Waals surface area contributed by atoms with Gasteiger partial charge in [0.2, 0.25) is 0 Å². The molecule has 1 unspecified atom stereocenters. The predicted octanol–water partition coefficient (Wildman–Crippen LogP) is 5.20. The summed E-state index contributed by atoms with van der Waals surface area (Å²) in [5.74, 6) is -0.243. The van der Waals surface area contributed by atoms with Crippen LogP contribution < -0.4 is 5.73 Å². The number of halogens is 4. The molecule has 19 heavy (non-hydrogen) atoms. The fourth-order valence-corrected chi connectivity index (χ4v) is 3.31. The summed E-state index contributed by atoms with van der Waals surface area (Å²) in [6.45, 7) is 0. The van der Waals surface area contributed by atoms with E-state index in [1.165, 1.54) is 12.1 Å². The normalized spacial score (nSPS) is 12.5. The lowest BCUT2D eigenvalue weighted by Crippen LogP contribution is -2.14. The van der Waals surface area contributed by atoms with Gasteiger partial charge in [-0.15, -0.1) is 0 Å². The van der Waals surface area contributed by atoms with Crippen molar-refractivity contribution < 1.29 is 4.39 Å². The van der Waals surface area contributed by atoms with Crippen LogP contribution in [-0.2, 0) is 6.42 Å². The van der Waals surface area contributed by atoms with E-state index in [1.807, 2.05) is 18.2 Å². The zero-order valence-electron chi connectivity index (χ0n) is 9.84. The van der Waals surface area contributed by atoms with Gasteiger partial charge in [0, 0.05) is 18.6 Å². The van der Waals surface area contributed by atoms with Crippen LogP contribution in [0.15, 0.2) is 45.3 Å². The molecule has 2 aromatic carbocycles. The molecule has 0 fully saturated rings. The van der Waals surface area contributed by atoms with Crippen molar-refractivity contribution in [2.75, 3.05) is 0 Å². The molecule has 2 N–H and O–H groups in total. The molecule has 2 rings (SSSR count). The smallest absolute Gasteiger partial charge is 0.123 e. The average molecular weight is 499 g/mol. The molecule has 0 saturated heterocycles. The highest BCUT2D eigenvalue weighted by Crippen LogP contribution is 2.28. The van der Waals surface area contributed by atoms with Gasteiger partial charge in [-0.2, -0.15) is 0 Å². The second kappa shape index (κ2) is 6.65. The molecule has 1 atom stereocenters. The van der Waals surface area contributed by atoms with E-state index in [4.69, 9.17) is 5.73 Å². The Bertz CT molecular complexity index is 604. The maximum absolute atomic E-state index is 13.3. The molecule has 0 aliphatic carbocycles. The third-order valence-electron chi connectivity index (χ3n) is 2.81. The van der Waals surface area contributed by atoms with E-state index >= 15 is 0 Å². The molecule has 0 heterocycles. The van der Waals surface area contributed by atoms with Crippen LogP contribution in [0.5, 0.6) is 0 Å². The molecule has 100 valence electrons. The first-order chi connectivity index (χ1) is 8.97. The van der Waals surface area contributed by atoms with Crippen LogP contribution in [0, 0.1) is 9.39 Å². The number of hydrogen-bond acceptors (Lipinski definition) is 1. The van der Waals surface area contributed by atoms with E-state index in [1.54, 1.807) is 6.07 Å². The van der Waals surface area contributed by atoms with Crippen molar-refractivity contribution in [1.82, 2.24) is 0 Å². The first kappa shape index (κ1) is 15.4.